The molecule has 0 aromatic rings. The fraction of sp³-hybridized carbons (Fsp3) is 1.00. The molecule has 0 aromatic heterocycles. The van der Waals surface area contributed by atoms with Crippen molar-refractivity contribution in [3.63, 3.8) is 0 Å². The van der Waals surface area contributed by atoms with Gasteiger partial charge >= 0.3 is 0 Å². The van der Waals surface area contributed by atoms with Crippen LogP contribution in [-0.4, -0.2) is 32.2 Å². The van der Waals surface area contributed by atoms with Crippen LogP contribution < -0.4 is 9.44 Å². The molecule has 14 heavy (non-hydrogen) atoms. The van der Waals surface area contributed by atoms with Crippen LogP contribution in [0.25, 0.3) is 0 Å². The van der Waals surface area contributed by atoms with E-state index in [-0.39, 0.29) is 18.5 Å². The van der Waals surface area contributed by atoms with Crippen LogP contribution in [0.5, 0.6) is 0 Å². The van der Waals surface area contributed by atoms with E-state index in [4.69, 9.17) is 0 Å². The number of rotatable bonds is 6. The van der Waals surface area contributed by atoms with E-state index in [9.17, 15) is 13.5 Å². The first-order valence-corrected chi connectivity index (χ1v) is 6.34. The summed E-state index contributed by atoms with van der Waals surface area (Å²) in [5.41, 5.74) is 0. The Hall–Kier alpha value is -0.170. The normalized spacial score (nSPS) is 20.0. The van der Waals surface area contributed by atoms with Crippen molar-refractivity contribution in [2.24, 2.45) is 5.92 Å². The maximum atomic E-state index is 11.3. The molecule has 1 fully saturated rings. The first-order valence-electron chi connectivity index (χ1n) is 4.85. The molecule has 0 aromatic carbocycles. The van der Waals surface area contributed by atoms with Gasteiger partial charge in [-0.05, 0) is 18.8 Å². The van der Waals surface area contributed by atoms with Crippen molar-refractivity contribution in [3.05, 3.63) is 0 Å². The van der Waals surface area contributed by atoms with E-state index < -0.39 is 16.3 Å². The molecule has 1 aliphatic rings. The molecule has 0 bridgehead atoms. The Labute approximate surface area is 85.1 Å². The zero-order valence-electron chi connectivity index (χ0n) is 8.53. The van der Waals surface area contributed by atoms with Gasteiger partial charge in [0.1, 0.15) is 0 Å². The highest BCUT2D eigenvalue weighted by molar-refractivity contribution is 7.87. The maximum Gasteiger partial charge on any atom is 0.277 e. The van der Waals surface area contributed by atoms with Crippen molar-refractivity contribution >= 4 is 10.2 Å². The number of aliphatic hydroxyl groups is 1. The largest absolute Gasteiger partial charge is 0.391 e. The van der Waals surface area contributed by atoms with Gasteiger partial charge < -0.3 is 5.11 Å². The second-order valence-corrected chi connectivity index (χ2v) is 5.59. The molecule has 0 heterocycles. The third-order valence-corrected chi connectivity index (χ3v) is 3.34. The van der Waals surface area contributed by atoms with Crippen LogP contribution in [0, 0.1) is 5.92 Å². The molecule has 3 N–H and O–H groups in total. The van der Waals surface area contributed by atoms with E-state index in [0.717, 1.165) is 12.8 Å². The minimum absolute atomic E-state index is 0.0543. The third kappa shape index (κ3) is 4.36. The Morgan fingerprint density at radius 1 is 1.43 bits per heavy atom. The summed E-state index contributed by atoms with van der Waals surface area (Å²) < 4.78 is 27.3. The van der Waals surface area contributed by atoms with E-state index in [1.165, 1.54) is 0 Å². The van der Waals surface area contributed by atoms with Crippen molar-refractivity contribution in [3.8, 4) is 0 Å². The van der Waals surface area contributed by atoms with E-state index in [0.29, 0.717) is 0 Å². The van der Waals surface area contributed by atoms with Crippen molar-refractivity contribution in [1.29, 1.82) is 0 Å². The Kier molecular flexibility index (Phi) is 3.88. The number of hydrogen-bond acceptors (Lipinski definition) is 3. The summed E-state index contributed by atoms with van der Waals surface area (Å²) in [7, 11) is -3.41. The maximum absolute atomic E-state index is 11.3. The standard InChI is InChI=1S/C8H18N2O3S/c1-6(2)8(11)5-9-14(12,13)10-7-3-4-7/h6-11H,3-5H2,1-2H3. The zero-order chi connectivity index (χ0) is 10.8. The molecule has 0 amide bonds. The first-order chi connectivity index (χ1) is 6.41. The van der Waals surface area contributed by atoms with Gasteiger partial charge in [0.25, 0.3) is 10.2 Å². The minimum atomic E-state index is -3.41. The van der Waals surface area contributed by atoms with E-state index in [2.05, 4.69) is 9.44 Å². The molecule has 1 saturated carbocycles. The molecule has 5 nitrogen and oxygen atoms in total. The first kappa shape index (κ1) is 11.9. The van der Waals surface area contributed by atoms with Crippen LogP contribution in [-0.2, 0) is 10.2 Å². The summed E-state index contributed by atoms with van der Waals surface area (Å²) in [5, 5.41) is 9.38. The smallest absolute Gasteiger partial charge is 0.277 e. The number of hydrogen-bond donors (Lipinski definition) is 3. The van der Waals surface area contributed by atoms with Crippen molar-refractivity contribution in [2.45, 2.75) is 38.8 Å². The lowest BCUT2D eigenvalue weighted by Crippen LogP contribution is -2.42. The second kappa shape index (κ2) is 4.57. The Bertz CT molecular complexity index is 272. The lowest BCUT2D eigenvalue weighted by atomic mass is 10.1. The van der Waals surface area contributed by atoms with Crippen molar-refractivity contribution in [1.82, 2.24) is 9.44 Å². The van der Waals surface area contributed by atoms with Gasteiger partial charge in [-0.3, -0.25) is 0 Å². The highest BCUT2D eigenvalue weighted by Gasteiger charge is 2.27. The van der Waals surface area contributed by atoms with E-state index in [1.807, 2.05) is 13.8 Å². The van der Waals surface area contributed by atoms with Gasteiger partial charge in [-0.1, -0.05) is 13.8 Å². The minimum Gasteiger partial charge on any atom is -0.391 e. The Balaban J connectivity index is 2.28. The molecule has 84 valence electrons. The van der Waals surface area contributed by atoms with Gasteiger partial charge in [-0.2, -0.15) is 17.9 Å². The van der Waals surface area contributed by atoms with Gasteiger partial charge in [0, 0.05) is 12.6 Å². The summed E-state index contributed by atoms with van der Waals surface area (Å²) in [6, 6.07) is 0.101. The number of aliphatic hydroxyl groups excluding tert-OH is 1. The molecular formula is C8H18N2O3S. The topological polar surface area (TPSA) is 78.4 Å². The fourth-order valence-electron chi connectivity index (χ4n) is 0.893. The molecule has 1 atom stereocenters. The highest BCUT2D eigenvalue weighted by Crippen LogP contribution is 2.19. The molecule has 0 saturated heterocycles. The lowest BCUT2D eigenvalue weighted by molar-refractivity contribution is 0.129. The lowest BCUT2D eigenvalue weighted by Gasteiger charge is -2.15. The third-order valence-electron chi connectivity index (χ3n) is 2.15. The van der Waals surface area contributed by atoms with Gasteiger partial charge in [0.2, 0.25) is 0 Å². The predicted octanol–water partition coefficient (Wildman–Crippen LogP) is -0.410. The highest BCUT2D eigenvalue weighted by atomic mass is 32.2. The van der Waals surface area contributed by atoms with Crippen molar-refractivity contribution < 1.29 is 13.5 Å². The molecule has 1 aliphatic carbocycles. The molecule has 1 unspecified atom stereocenters. The average molecular weight is 222 g/mol. The van der Waals surface area contributed by atoms with E-state index in [1.54, 1.807) is 0 Å². The van der Waals surface area contributed by atoms with E-state index >= 15 is 0 Å². The molecule has 1 rings (SSSR count). The van der Waals surface area contributed by atoms with Gasteiger partial charge in [-0.15, -0.1) is 0 Å². The SMILES string of the molecule is CC(C)C(O)CNS(=O)(=O)NC1CC1. The van der Waals surface area contributed by atoms with Crippen LogP contribution in [0.2, 0.25) is 0 Å². The molecule has 0 radical (unpaired) electrons. The summed E-state index contributed by atoms with van der Waals surface area (Å²) in [6.45, 7) is 3.75. The molecule has 0 spiro atoms. The zero-order valence-corrected chi connectivity index (χ0v) is 9.34. The summed E-state index contributed by atoms with van der Waals surface area (Å²) >= 11 is 0. The predicted molar refractivity (Wildman–Crippen MR) is 53.9 cm³/mol. The van der Waals surface area contributed by atoms with Gasteiger partial charge in [0.05, 0.1) is 6.10 Å². The van der Waals surface area contributed by atoms with Gasteiger partial charge in [0.15, 0.2) is 0 Å². The van der Waals surface area contributed by atoms with Crippen molar-refractivity contribution in [2.75, 3.05) is 6.54 Å². The number of nitrogens with one attached hydrogen (secondary N) is 2. The monoisotopic (exact) mass is 222 g/mol. The summed E-state index contributed by atoms with van der Waals surface area (Å²) in [5.74, 6) is 0.0543. The van der Waals surface area contributed by atoms with Crippen LogP contribution in [0.15, 0.2) is 0 Å². The molecular weight excluding hydrogens is 204 g/mol. The summed E-state index contributed by atoms with van der Waals surface area (Å²) in [4.78, 5) is 0. The molecule has 0 aliphatic heterocycles. The Morgan fingerprint density at radius 2 is 2.00 bits per heavy atom. The summed E-state index contributed by atoms with van der Waals surface area (Å²) in [6.07, 6.45) is 1.19. The molecule has 6 heteroatoms. The van der Waals surface area contributed by atoms with Crippen LogP contribution >= 0.6 is 0 Å². The quantitative estimate of drug-likeness (QED) is 0.571. The Morgan fingerprint density at radius 3 is 2.43 bits per heavy atom. The van der Waals surface area contributed by atoms with Crippen LogP contribution in [0.4, 0.5) is 0 Å². The van der Waals surface area contributed by atoms with Gasteiger partial charge in [-0.25, -0.2) is 0 Å². The van der Waals surface area contributed by atoms with Crippen LogP contribution in [0.3, 0.4) is 0 Å². The fourth-order valence-corrected chi connectivity index (χ4v) is 2.04. The average Bonchev–Trinajstić information content (AvgIpc) is 2.83. The second-order valence-electron chi connectivity index (χ2n) is 4.06. The van der Waals surface area contributed by atoms with Crippen LogP contribution in [0.1, 0.15) is 26.7 Å².